The lowest BCUT2D eigenvalue weighted by atomic mass is 9.82. The number of para-hydroxylation sites is 1. The molecule has 3 aromatic rings. The van der Waals surface area contributed by atoms with E-state index in [1.165, 1.54) is 5.56 Å². The maximum absolute atomic E-state index is 12.6. The van der Waals surface area contributed by atoms with Crippen LogP contribution >= 0.6 is 0 Å². The summed E-state index contributed by atoms with van der Waals surface area (Å²) in [5.74, 6) is 0.712. The molecule has 4 heteroatoms. The van der Waals surface area contributed by atoms with Gasteiger partial charge >= 0.3 is 0 Å². The molecule has 0 unspecified atom stereocenters. The maximum atomic E-state index is 12.6. The van der Waals surface area contributed by atoms with Gasteiger partial charge in [0, 0.05) is 22.1 Å². The first kappa shape index (κ1) is 19.8. The summed E-state index contributed by atoms with van der Waals surface area (Å²) >= 11 is 0. The summed E-state index contributed by atoms with van der Waals surface area (Å²) in [6.45, 7) is 9.68. The summed E-state index contributed by atoms with van der Waals surface area (Å²) in [6, 6.07) is 17.7. The second-order valence-corrected chi connectivity index (χ2v) is 7.74. The van der Waals surface area contributed by atoms with Crippen molar-refractivity contribution < 1.29 is 9.21 Å². The van der Waals surface area contributed by atoms with Crippen molar-refractivity contribution in [3.8, 4) is 0 Å². The number of hydrogen-bond donors (Lipinski definition) is 0. The van der Waals surface area contributed by atoms with Crippen LogP contribution in [0.25, 0.3) is 16.7 Å². The van der Waals surface area contributed by atoms with E-state index in [2.05, 4.69) is 10.2 Å². The molecule has 1 aromatic heterocycles. The number of Topliss-reactive ketones (excluding diaryl/α,β-unsaturated/α-hetero) is 1. The second kappa shape index (κ2) is 7.71. The Hall–Kier alpha value is -3.53. The van der Waals surface area contributed by atoms with Gasteiger partial charge in [0.05, 0.1) is 5.69 Å². The molecule has 2 aromatic carbocycles. The SMILES string of the molecule is CC1=C(C)C(=C(N=Nc2ccc(C)cc2)c2cc3ccccc3o2)C(C)=C(C)C1=O. The highest BCUT2D eigenvalue weighted by atomic mass is 16.3. The van der Waals surface area contributed by atoms with Gasteiger partial charge in [-0.3, -0.25) is 4.79 Å². The molecule has 1 aliphatic carbocycles. The number of rotatable bonds is 3. The molecule has 150 valence electrons. The molecule has 0 amide bonds. The molecule has 0 radical (unpaired) electrons. The van der Waals surface area contributed by atoms with Crippen molar-refractivity contribution in [2.45, 2.75) is 34.6 Å². The van der Waals surface area contributed by atoms with E-state index in [-0.39, 0.29) is 5.78 Å². The van der Waals surface area contributed by atoms with E-state index in [9.17, 15) is 4.79 Å². The molecule has 0 saturated carbocycles. The van der Waals surface area contributed by atoms with Crippen LogP contribution in [0.1, 0.15) is 39.0 Å². The summed E-state index contributed by atoms with van der Waals surface area (Å²) < 4.78 is 6.14. The predicted octanol–water partition coefficient (Wildman–Crippen LogP) is 7.49. The molecule has 30 heavy (non-hydrogen) atoms. The predicted molar refractivity (Wildman–Crippen MR) is 121 cm³/mol. The largest absolute Gasteiger partial charge is 0.454 e. The molecule has 0 spiro atoms. The van der Waals surface area contributed by atoms with Gasteiger partial charge in [-0.25, -0.2) is 0 Å². The van der Waals surface area contributed by atoms with Crippen molar-refractivity contribution in [3.05, 3.63) is 93.8 Å². The first-order chi connectivity index (χ1) is 14.4. The lowest BCUT2D eigenvalue weighted by Gasteiger charge is -2.22. The zero-order chi connectivity index (χ0) is 21.4. The molecule has 0 bridgehead atoms. The van der Waals surface area contributed by atoms with E-state index in [0.29, 0.717) is 11.5 Å². The molecule has 4 nitrogen and oxygen atoms in total. The monoisotopic (exact) mass is 396 g/mol. The fourth-order valence-corrected chi connectivity index (χ4v) is 3.67. The highest BCUT2D eigenvalue weighted by molar-refractivity contribution is 6.12. The number of carbonyl (C=O) groups excluding carboxylic acids is 1. The van der Waals surface area contributed by atoms with Crippen molar-refractivity contribution in [2.75, 3.05) is 0 Å². The van der Waals surface area contributed by atoms with Crippen LogP contribution in [0.15, 0.2) is 97.1 Å². The summed E-state index contributed by atoms with van der Waals surface area (Å²) in [6.07, 6.45) is 0. The fraction of sp³-hybridized carbons (Fsp3) is 0.192. The number of hydrogen-bond acceptors (Lipinski definition) is 4. The highest BCUT2D eigenvalue weighted by Crippen LogP contribution is 2.39. The molecule has 4 rings (SSSR count). The average molecular weight is 396 g/mol. The Labute approximate surface area is 176 Å². The molecular weight excluding hydrogens is 372 g/mol. The molecule has 0 fully saturated rings. The number of nitrogens with zero attached hydrogens (tertiary/aromatic N) is 2. The first-order valence-electron chi connectivity index (χ1n) is 9.99. The molecular formula is C26H24N2O2. The zero-order valence-corrected chi connectivity index (χ0v) is 17.9. The third-order valence-electron chi connectivity index (χ3n) is 5.75. The van der Waals surface area contributed by atoms with E-state index in [1.54, 1.807) is 0 Å². The summed E-state index contributed by atoms with van der Waals surface area (Å²) in [5.41, 5.74) is 7.52. The van der Waals surface area contributed by atoms with E-state index in [1.807, 2.05) is 89.2 Å². The Morgan fingerprint density at radius 1 is 0.800 bits per heavy atom. The number of fused-ring (bicyclic) bond motifs is 1. The number of furan rings is 1. The van der Waals surface area contributed by atoms with Gasteiger partial charge in [-0.2, -0.15) is 5.11 Å². The topological polar surface area (TPSA) is 54.9 Å². The molecule has 0 atom stereocenters. The molecule has 0 N–H and O–H groups in total. The van der Waals surface area contributed by atoms with Gasteiger partial charge in [-0.1, -0.05) is 35.9 Å². The molecule has 1 aliphatic rings. The number of aryl methyl sites for hydroxylation is 1. The van der Waals surface area contributed by atoms with Crippen molar-refractivity contribution in [1.29, 1.82) is 0 Å². The fourth-order valence-electron chi connectivity index (χ4n) is 3.67. The van der Waals surface area contributed by atoms with Gasteiger partial charge in [0.15, 0.2) is 11.5 Å². The highest BCUT2D eigenvalue weighted by Gasteiger charge is 2.27. The number of ketones is 1. The smallest absolute Gasteiger partial charge is 0.184 e. The van der Waals surface area contributed by atoms with Crippen molar-refractivity contribution >= 4 is 28.1 Å². The van der Waals surface area contributed by atoms with E-state index < -0.39 is 0 Å². The van der Waals surface area contributed by atoms with Crippen LogP contribution in [0.5, 0.6) is 0 Å². The third kappa shape index (κ3) is 3.45. The number of allylic oxidation sites excluding steroid dienone is 5. The Morgan fingerprint density at radius 2 is 1.43 bits per heavy atom. The standard InChI is InChI=1S/C26H24N2O2/c1-15-10-12-21(13-11-15)27-28-25(23-14-20-8-6-7-9-22(20)30-23)24-16(2)18(4)26(29)19(5)17(24)3/h6-14H,1-5H3. The van der Waals surface area contributed by atoms with Crippen LogP contribution in [0.3, 0.4) is 0 Å². The average Bonchev–Trinajstić information content (AvgIpc) is 3.18. The van der Waals surface area contributed by atoms with Crippen LogP contribution in [-0.2, 0) is 4.79 Å². The normalized spacial score (nSPS) is 15.1. The number of azo groups is 1. The van der Waals surface area contributed by atoms with Gasteiger partial charge in [0.1, 0.15) is 11.3 Å². The minimum atomic E-state index is 0.0770. The minimum Gasteiger partial charge on any atom is -0.454 e. The number of benzene rings is 2. The van der Waals surface area contributed by atoms with Crippen LogP contribution in [0.2, 0.25) is 0 Å². The Kier molecular flexibility index (Phi) is 5.08. The Morgan fingerprint density at radius 3 is 2.07 bits per heavy atom. The van der Waals surface area contributed by atoms with E-state index in [4.69, 9.17) is 4.42 Å². The third-order valence-corrected chi connectivity index (χ3v) is 5.75. The van der Waals surface area contributed by atoms with Gasteiger partial charge < -0.3 is 4.42 Å². The molecule has 1 heterocycles. The molecule has 0 aliphatic heterocycles. The Balaban J connectivity index is 1.96. The summed E-state index contributed by atoms with van der Waals surface area (Å²) in [4.78, 5) is 12.6. The van der Waals surface area contributed by atoms with Crippen molar-refractivity contribution in [1.82, 2.24) is 0 Å². The molecule has 0 saturated heterocycles. The lowest BCUT2D eigenvalue weighted by molar-refractivity contribution is -0.112. The maximum Gasteiger partial charge on any atom is 0.184 e. The van der Waals surface area contributed by atoms with Crippen molar-refractivity contribution in [3.63, 3.8) is 0 Å². The lowest BCUT2D eigenvalue weighted by Crippen LogP contribution is -2.14. The van der Waals surface area contributed by atoms with Gasteiger partial charge in [-0.05, 0) is 70.0 Å². The van der Waals surface area contributed by atoms with Crippen LogP contribution < -0.4 is 0 Å². The van der Waals surface area contributed by atoms with Crippen molar-refractivity contribution in [2.24, 2.45) is 10.2 Å². The quantitative estimate of drug-likeness (QED) is 0.431. The minimum absolute atomic E-state index is 0.0770. The van der Waals surface area contributed by atoms with E-state index >= 15 is 0 Å². The van der Waals surface area contributed by atoms with Gasteiger partial charge in [0.2, 0.25) is 0 Å². The van der Waals surface area contributed by atoms with Crippen LogP contribution in [0, 0.1) is 6.92 Å². The van der Waals surface area contributed by atoms with Crippen LogP contribution in [-0.4, -0.2) is 5.78 Å². The number of carbonyl (C=O) groups is 1. The van der Waals surface area contributed by atoms with Gasteiger partial charge in [0.25, 0.3) is 0 Å². The second-order valence-electron chi connectivity index (χ2n) is 7.74. The summed E-state index contributed by atoms with van der Waals surface area (Å²) in [5, 5.41) is 10.1. The van der Waals surface area contributed by atoms with E-state index in [0.717, 1.165) is 44.5 Å². The summed E-state index contributed by atoms with van der Waals surface area (Å²) in [7, 11) is 0. The Bertz CT molecular complexity index is 1220. The first-order valence-corrected chi connectivity index (χ1v) is 9.99. The van der Waals surface area contributed by atoms with Gasteiger partial charge in [-0.15, -0.1) is 5.11 Å². The zero-order valence-electron chi connectivity index (χ0n) is 17.9. The van der Waals surface area contributed by atoms with Crippen LogP contribution in [0.4, 0.5) is 5.69 Å².